The number of hydrogen-bond donors (Lipinski definition) is 1. The van der Waals surface area contributed by atoms with E-state index in [0.717, 1.165) is 18.2 Å². The fraction of sp³-hybridized carbons (Fsp3) is 0.625. The average Bonchev–Trinajstić information content (AvgIpc) is 2.60. The molecule has 0 saturated heterocycles. The Balaban J connectivity index is 2.57. The molecule has 1 N–H and O–H groups in total. The molecule has 0 aliphatic rings. The standard InChI is InChI=1S/C8H14BrN3O2S/c1-12-8(4-7-10-12)15(13,14)11-6-3-2-5-9/h4,7,11H,2-3,5-6H2,1H3. The maximum absolute atomic E-state index is 11.7. The second kappa shape index (κ2) is 5.62. The first-order valence-corrected chi connectivity index (χ1v) is 7.22. The SMILES string of the molecule is Cn1nccc1S(=O)(=O)NCCCCBr. The van der Waals surface area contributed by atoms with Crippen LogP contribution in [0, 0.1) is 0 Å². The zero-order valence-corrected chi connectivity index (χ0v) is 10.9. The molecule has 1 rings (SSSR count). The lowest BCUT2D eigenvalue weighted by Crippen LogP contribution is -2.26. The predicted molar refractivity (Wildman–Crippen MR) is 61.4 cm³/mol. The van der Waals surface area contributed by atoms with Crippen molar-refractivity contribution in [3.63, 3.8) is 0 Å². The largest absolute Gasteiger partial charge is 0.257 e. The molecule has 1 heterocycles. The molecule has 0 atom stereocenters. The first-order chi connectivity index (χ1) is 7.08. The number of unbranched alkanes of at least 4 members (excludes halogenated alkanes) is 1. The summed E-state index contributed by atoms with van der Waals surface area (Å²) < 4.78 is 27.3. The Hall–Kier alpha value is -0.400. The molecule has 0 spiro atoms. The maximum Gasteiger partial charge on any atom is 0.257 e. The Morgan fingerprint density at radius 2 is 2.27 bits per heavy atom. The van der Waals surface area contributed by atoms with Crippen LogP contribution in [0.4, 0.5) is 0 Å². The van der Waals surface area contributed by atoms with Gasteiger partial charge in [0.25, 0.3) is 10.0 Å². The summed E-state index contributed by atoms with van der Waals surface area (Å²) in [6.07, 6.45) is 3.24. The second-order valence-electron chi connectivity index (χ2n) is 3.09. The smallest absolute Gasteiger partial charge is 0.256 e. The minimum absolute atomic E-state index is 0.196. The quantitative estimate of drug-likeness (QED) is 0.626. The predicted octanol–water partition coefficient (Wildman–Crippen LogP) is 0.873. The number of nitrogens with zero attached hydrogens (tertiary/aromatic N) is 2. The van der Waals surface area contributed by atoms with E-state index in [-0.39, 0.29) is 5.03 Å². The van der Waals surface area contributed by atoms with E-state index in [1.165, 1.54) is 16.9 Å². The van der Waals surface area contributed by atoms with Crippen molar-refractivity contribution in [3.05, 3.63) is 12.3 Å². The molecule has 1 aromatic rings. The Morgan fingerprint density at radius 3 is 2.80 bits per heavy atom. The molecule has 0 bridgehead atoms. The highest BCUT2D eigenvalue weighted by Gasteiger charge is 2.16. The van der Waals surface area contributed by atoms with E-state index in [2.05, 4.69) is 25.8 Å². The van der Waals surface area contributed by atoms with Crippen LogP contribution in [0.1, 0.15) is 12.8 Å². The third-order valence-electron chi connectivity index (χ3n) is 1.90. The van der Waals surface area contributed by atoms with Crippen molar-refractivity contribution in [1.82, 2.24) is 14.5 Å². The van der Waals surface area contributed by atoms with Crippen molar-refractivity contribution in [2.45, 2.75) is 17.9 Å². The molecule has 86 valence electrons. The first kappa shape index (κ1) is 12.7. The molecule has 1 aromatic heterocycles. The van der Waals surface area contributed by atoms with Gasteiger partial charge in [0.2, 0.25) is 0 Å². The molecule has 0 aromatic carbocycles. The Morgan fingerprint density at radius 1 is 1.53 bits per heavy atom. The monoisotopic (exact) mass is 295 g/mol. The number of alkyl halides is 1. The van der Waals surface area contributed by atoms with Crippen LogP contribution >= 0.6 is 15.9 Å². The van der Waals surface area contributed by atoms with Gasteiger partial charge in [-0.1, -0.05) is 15.9 Å². The van der Waals surface area contributed by atoms with Gasteiger partial charge in [-0.15, -0.1) is 0 Å². The molecule has 0 aliphatic carbocycles. The minimum atomic E-state index is -3.39. The van der Waals surface area contributed by atoms with Gasteiger partial charge in [0.05, 0.1) is 6.20 Å². The molecular formula is C8H14BrN3O2S. The molecule has 0 saturated carbocycles. The summed E-state index contributed by atoms with van der Waals surface area (Å²) in [5, 5.41) is 4.90. The summed E-state index contributed by atoms with van der Waals surface area (Å²) >= 11 is 3.29. The summed E-state index contributed by atoms with van der Waals surface area (Å²) in [7, 11) is -1.79. The highest BCUT2D eigenvalue weighted by molar-refractivity contribution is 9.09. The molecule has 0 unspecified atom stereocenters. The molecule has 0 fully saturated rings. The van der Waals surface area contributed by atoms with Gasteiger partial charge in [0.1, 0.15) is 0 Å². The van der Waals surface area contributed by atoms with Gasteiger partial charge in [-0.05, 0) is 18.9 Å². The van der Waals surface area contributed by atoms with Crippen molar-refractivity contribution in [3.8, 4) is 0 Å². The first-order valence-electron chi connectivity index (χ1n) is 4.61. The summed E-state index contributed by atoms with van der Waals surface area (Å²) in [4.78, 5) is 0. The third-order valence-corrected chi connectivity index (χ3v) is 4.00. The van der Waals surface area contributed by atoms with Crippen LogP contribution in [0.2, 0.25) is 0 Å². The van der Waals surface area contributed by atoms with E-state index in [0.29, 0.717) is 6.54 Å². The van der Waals surface area contributed by atoms with Crippen molar-refractivity contribution in [2.75, 3.05) is 11.9 Å². The van der Waals surface area contributed by atoms with Crippen LogP contribution in [0.15, 0.2) is 17.3 Å². The molecule has 7 heteroatoms. The number of sulfonamides is 1. The van der Waals surface area contributed by atoms with E-state index in [4.69, 9.17) is 0 Å². The van der Waals surface area contributed by atoms with Crippen LogP contribution in [0.25, 0.3) is 0 Å². The molecule has 0 aliphatic heterocycles. The van der Waals surface area contributed by atoms with Crippen LogP contribution < -0.4 is 4.72 Å². The molecule has 15 heavy (non-hydrogen) atoms. The number of halogens is 1. The van der Waals surface area contributed by atoms with Crippen molar-refractivity contribution >= 4 is 26.0 Å². The average molecular weight is 296 g/mol. The second-order valence-corrected chi connectivity index (χ2v) is 5.59. The summed E-state index contributed by atoms with van der Waals surface area (Å²) in [6, 6.07) is 1.48. The Kier molecular flexibility index (Phi) is 4.75. The lowest BCUT2D eigenvalue weighted by atomic mass is 10.3. The number of rotatable bonds is 6. The molecule has 0 radical (unpaired) electrons. The van der Waals surface area contributed by atoms with Crippen LogP contribution in [0.5, 0.6) is 0 Å². The zero-order valence-electron chi connectivity index (χ0n) is 8.48. The highest BCUT2D eigenvalue weighted by atomic mass is 79.9. The van der Waals surface area contributed by atoms with Crippen LogP contribution in [-0.4, -0.2) is 30.1 Å². The summed E-state index contributed by atoms with van der Waals surface area (Å²) in [5.74, 6) is 0. The van der Waals surface area contributed by atoms with Gasteiger partial charge < -0.3 is 0 Å². The van der Waals surface area contributed by atoms with Gasteiger partial charge in [0, 0.05) is 18.9 Å². The lowest BCUT2D eigenvalue weighted by Gasteiger charge is -2.05. The summed E-state index contributed by atoms with van der Waals surface area (Å²) in [5.41, 5.74) is 0. The van der Waals surface area contributed by atoms with E-state index >= 15 is 0 Å². The van der Waals surface area contributed by atoms with Gasteiger partial charge in [-0.3, -0.25) is 4.68 Å². The van der Waals surface area contributed by atoms with Crippen LogP contribution in [0.3, 0.4) is 0 Å². The fourth-order valence-electron chi connectivity index (χ4n) is 1.13. The van der Waals surface area contributed by atoms with E-state index in [1.807, 2.05) is 0 Å². The highest BCUT2D eigenvalue weighted by Crippen LogP contribution is 2.05. The third kappa shape index (κ3) is 3.58. The minimum Gasteiger partial charge on any atom is -0.256 e. The normalized spacial score (nSPS) is 11.9. The topological polar surface area (TPSA) is 64.0 Å². The van der Waals surface area contributed by atoms with Gasteiger partial charge >= 0.3 is 0 Å². The number of hydrogen-bond acceptors (Lipinski definition) is 3. The number of aryl methyl sites for hydroxylation is 1. The van der Waals surface area contributed by atoms with Crippen molar-refractivity contribution in [1.29, 1.82) is 0 Å². The van der Waals surface area contributed by atoms with Gasteiger partial charge in [-0.2, -0.15) is 5.10 Å². The fourth-order valence-corrected chi connectivity index (χ4v) is 2.72. The van der Waals surface area contributed by atoms with Gasteiger partial charge in [-0.25, -0.2) is 13.1 Å². The van der Waals surface area contributed by atoms with E-state index in [9.17, 15) is 8.42 Å². The lowest BCUT2D eigenvalue weighted by molar-refractivity contribution is 0.560. The molecule has 5 nitrogen and oxygen atoms in total. The number of nitrogens with one attached hydrogen (secondary N) is 1. The van der Waals surface area contributed by atoms with Crippen molar-refractivity contribution in [2.24, 2.45) is 7.05 Å². The number of aromatic nitrogens is 2. The van der Waals surface area contributed by atoms with Gasteiger partial charge in [0.15, 0.2) is 5.03 Å². The van der Waals surface area contributed by atoms with Crippen molar-refractivity contribution < 1.29 is 8.42 Å². The zero-order chi connectivity index (χ0) is 11.3. The van der Waals surface area contributed by atoms with E-state index in [1.54, 1.807) is 7.05 Å². The Bertz CT molecular complexity index is 402. The maximum atomic E-state index is 11.7. The molecule has 0 amide bonds. The summed E-state index contributed by atoms with van der Waals surface area (Å²) in [6.45, 7) is 0.457. The Labute approximate surface area is 98.0 Å². The molecular weight excluding hydrogens is 282 g/mol. The van der Waals surface area contributed by atoms with Crippen LogP contribution in [-0.2, 0) is 17.1 Å². The van der Waals surface area contributed by atoms with E-state index < -0.39 is 10.0 Å².